The van der Waals surface area contributed by atoms with Crippen molar-refractivity contribution < 1.29 is 4.79 Å². The summed E-state index contributed by atoms with van der Waals surface area (Å²) in [5, 5.41) is 8.79. The lowest BCUT2D eigenvalue weighted by Gasteiger charge is -2.09. The Hall–Kier alpha value is -2.19. The van der Waals surface area contributed by atoms with E-state index >= 15 is 0 Å². The molecule has 1 amide bonds. The molecule has 4 rings (SSSR count). The second-order valence-electron chi connectivity index (χ2n) is 5.51. The van der Waals surface area contributed by atoms with E-state index in [0.717, 1.165) is 10.3 Å². The summed E-state index contributed by atoms with van der Waals surface area (Å²) in [6, 6.07) is 6.98. The Morgan fingerprint density at radius 1 is 1.26 bits per heavy atom. The number of fused-ring (bicyclic) bond motifs is 1. The molecule has 27 heavy (non-hydrogen) atoms. The van der Waals surface area contributed by atoms with Gasteiger partial charge in [-0.25, -0.2) is 14.6 Å². The molecule has 0 saturated carbocycles. The van der Waals surface area contributed by atoms with Gasteiger partial charge < -0.3 is 5.32 Å². The highest BCUT2D eigenvalue weighted by molar-refractivity contribution is 7.21. The van der Waals surface area contributed by atoms with Gasteiger partial charge in [0.25, 0.3) is 5.91 Å². The molecule has 10 heteroatoms. The number of pyridine rings is 1. The van der Waals surface area contributed by atoms with Gasteiger partial charge >= 0.3 is 0 Å². The average molecular weight is 439 g/mol. The van der Waals surface area contributed by atoms with Gasteiger partial charge in [0.2, 0.25) is 0 Å². The zero-order valence-corrected chi connectivity index (χ0v) is 16.6. The van der Waals surface area contributed by atoms with E-state index in [9.17, 15) is 4.79 Å². The maximum Gasteiger partial charge on any atom is 0.263 e. The summed E-state index contributed by atoms with van der Waals surface area (Å²) in [6.07, 6.45) is 4.61. The SMILES string of the molecule is O=C(NCc1cccnc1-n1cncn1)c1sc2cc(Cl)cc(Cl)c2c1Cl. The Kier molecular flexibility index (Phi) is 5.01. The molecule has 0 fully saturated rings. The number of benzene rings is 1. The van der Waals surface area contributed by atoms with Crippen LogP contribution < -0.4 is 5.32 Å². The third kappa shape index (κ3) is 3.51. The lowest BCUT2D eigenvalue weighted by atomic mass is 10.2. The standard InChI is InChI=1S/C17H10Cl3N5OS/c18-10-4-11(19)13-12(5-10)27-15(14(13)20)17(26)23-6-9-2-1-3-22-16(9)25-8-21-7-24-25/h1-5,7-8H,6H2,(H,23,26). The van der Waals surface area contributed by atoms with Gasteiger partial charge in [0.05, 0.1) is 10.0 Å². The van der Waals surface area contributed by atoms with Crippen molar-refractivity contribution in [1.82, 2.24) is 25.1 Å². The summed E-state index contributed by atoms with van der Waals surface area (Å²) in [5.41, 5.74) is 0.787. The summed E-state index contributed by atoms with van der Waals surface area (Å²) in [6.45, 7) is 0.251. The van der Waals surface area contributed by atoms with Crippen LogP contribution in [0.3, 0.4) is 0 Å². The van der Waals surface area contributed by atoms with Gasteiger partial charge in [-0.15, -0.1) is 11.3 Å². The molecule has 0 aliphatic heterocycles. The minimum atomic E-state index is -0.304. The van der Waals surface area contributed by atoms with E-state index < -0.39 is 0 Å². The molecule has 1 aromatic carbocycles. The largest absolute Gasteiger partial charge is 0.347 e. The monoisotopic (exact) mass is 437 g/mol. The predicted molar refractivity (Wildman–Crippen MR) is 107 cm³/mol. The number of carbonyl (C=O) groups is 1. The Balaban J connectivity index is 1.60. The van der Waals surface area contributed by atoms with Gasteiger partial charge in [0, 0.05) is 33.4 Å². The summed E-state index contributed by atoms with van der Waals surface area (Å²) >= 11 is 19.9. The van der Waals surface area contributed by atoms with Crippen LogP contribution >= 0.6 is 46.1 Å². The minimum Gasteiger partial charge on any atom is -0.347 e. The first kappa shape index (κ1) is 18.2. The number of rotatable bonds is 4. The Bertz CT molecular complexity index is 1140. The number of nitrogens with one attached hydrogen (secondary N) is 1. The second kappa shape index (κ2) is 7.44. The molecular weight excluding hydrogens is 429 g/mol. The Morgan fingerprint density at radius 2 is 2.11 bits per heavy atom. The first-order valence-electron chi connectivity index (χ1n) is 7.68. The van der Waals surface area contributed by atoms with Crippen LogP contribution in [0.1, 0.15) is 15.2 Å². The van der Waals surface area contributed by atoms with Crippen LogP contribution in [-0.2, 0) is 6.54 Å². The van der Waals surface area contributed by atoms with E-state index in [-0.39, 0.29) is 12.5 Å². The molecule has 0 radical (unpaired) electrons. The first-order chi connectivity index (χ1) is 13.0. The van der Waals surface area contributed by atoms with E-state index in [1.807, 2.05) is 6.07 Å². The molecule has 136 valence electrons. The molecule has 1 N–H and O–H groups in total. The lowest BCUT2D eigenvalue weighted by Crippen LogP contribution is -2.23. The van der Waals surface area contributed by atoms with Crippen LogP contribution in [-0.4, -0.2) is 25.7 Å². The summed E-state index contributed by atoms with van der Waals surface area (Å²) in [5.74, 6) is 0.286. The van der Waals surface area contributed by atoms with E-state index in [0.29, 0.717) is 31.1 Å². The molecule has 3 heterocycles. The molecule has 0 bridgehead atoms. The van der Waals surface area contributed by atoms with Crippen molar-refractivity contribution in [2.24, 2.45) is 0 Å². The van der Waals surface area contributed by atoms with E-state index in [1.54, 1.807) is 30.7 Å². The number of thiophene rings is 1. The summed E-state index contributed by atoms with van der Waals surface area (Å²) in [4.78, 5) is 21.3. The normalized spacial score (nSPS) is 11.1. The molecule has 0 unspecified atom stereocenters. The maximum absolute atomic E-state index is 12.7. The fourth-order valence-corrected chi connectivity index (χ4v) is 4.90. The summed E-state index contributed by atoms with van der Waals surface area (Å²) in [7, 11) is 0. The zero-order valence-electron chi connectivity index (χ0n) is 13.5. The zero-order chi connectivity index (χ0) is 19.0. The van der Waals surface area contributed by atoms with Crippen molar-refractivity contribution in [3.05, 3.63) is 68.6 Å². The van der Waals surface area contributed by atoms with Crippen LogP contribution in [0.5, 0.6) is 0 Å². The van der Waals surface area contributed by atoms with Gasteiger partial charge in [-0.2, -0.15) is 5.10 Å². The van der Waals surface area contributed by atoms with Gasteiger partial charge in [0.15, 0.2) is 5.82 Å². The van der Waals surface area contributed by atoms with E-state index in [1.165, 1.54) is 22.3 Å². The number of halogens is 3. The number of hydrogen-bond donors (Lipinski definition) is 1. The highest BCUT2D eigenvalue weighted by atomic mass is 35.5. The van der Waals surface area contributed by atoms with Crippen LogP contribution in [0.25, 0.3) is 15.9 Å². The molecule has 0 aliphatic carbocycles. The number of aromatic nitrogens is 4. The number of carbonyl (C=O) groups excluding carboxylic acids is 1. The third-order valence-corrected chi connectivity index (χ3v) is 5.94. The van der Waals surface area contributed by atoms with Gasteiger partial charge in [-0.3, -0.25) is 4.79 Å². The van der Waals surface area contributed by atoms with E-state index in [4.69, 9.17) is 34.8 Å². The Morgan fingerprint density at radius 3 is 2.89 bits per heavy atom. The van der Waals surface area contributed by atoms with Crippen molar-refractivity contribution in [1.29, 1.82) is 0 Å². The van der Waals surface area contributed by atoms with Crippen LogP contribution in [0.15, 0.2) is 43.1 Å². The predicted octanol–water partition coefficient (Wildman–Crippen LogP) is 4.77. The smallest absolute Gasteiger partial charge is 0.263 e. The molecule has 3 aromatic heterocycles. The first-order valence-corrected chi connectivity index (χ1v) is 9.64. The molecule has 0 atom stereocenters. The Labute approximate surface area is 172 Å². The van der Waals surface area contributed by atoms with Gasteiger partial charge in [0.1, 0.15) is 17.5 Å². The fourth-order valence-electron chi connectivity index (χ4n) is 2.61. The quantitative estimate of drug-likeness (QED) is 0.498. The molecular formula is C17H10Cl3N5OS. The van der Waals surface area contributed by atoms with Crippen molar-refractivity contribution in [2.75, 3.05) is 0 Å². The third-order valence-electron chi connectivity index (χ3n) is 3.80. The lowest BCUT2D eigenvalue weighted by molar-refractivity contribution is 0.0955. The topological polar surface area (TPSA) is 72.7 Å². The van der Waals surface area contributed by atoms with Crippen LogP contribution in [0.2, 0.25) is 15.1 Å². The van der Waals surface area contributed by atoms with Crippen molar-refractivity contribution in [3.8, 4) is 5.82 Å². The van der Waals surface area contributed by atoms with Gasteiger partial charge in [-0.1, -0.05) is 40.9 Å². The maximum atomic E-state index is 12.7. The fraction of sp³-hybridized carbons (Fsp3) is 0.0588. The minimum absolute atomic E-state index is 0.251. The summed E-state index contributed by atoms with van der Waals surface area (Å²) < 4.78 is 2.29. The van der Waals surface area contributed by atoms with Crippen LogP contribution in [0.4, 0.5) is 0 Å². The molecule has 0 spiro atoms. The highest BCUT2D eigenvalue weighted by Crippen LogP contribution is 2.41. The number of nitrogens with zero attached hydrogens (tertiary/aromatic N) is 4. The van der Waals surface area contributed by atoms with Crippen molar-refractivity contribution in [3.63, 3.8) is 0 Å². The highest BCUT2D eigenvalue weighted by Gasteiger charge is 2.20. The van der Waals surface area contributed by atoms with Crippen molar-refractivity contribution in [2.45, 2.75) is 6.54 Å². The van der Waals surface area contributed by atoms with Crippen LogP contribution in [0, 0.1) is 0 Å². The van der Waals surface area contributed by atoms with Crippen molar-refractivity contribution >= 4 is 62.1 Å². The molecule has 4 aromatic rings. The second-order valence-corrected chi connectivity index (χ2v) is 7.79. The molecule has 6 nitrogen and oxygen atoms in total. The van der Waals surface area contributed by atoms with E-state index in [2.05, 4.69) is 20.4 Å². The molecule has 0 saturated heterocycles. The molecule has 0 aliphatic rings. The average Bonchev–Trinajstić information content (AvgIpc) is 3.28. The number of hydrogen-bond acceptors (Lipinski definition) is 5. The van der Waals surface area contributed by atoms with Gasteiger partial charge in [-0.05, 0) is 18.2 Å². The number of amides is 1.